The molecule has 0 N–H and O–H groups in total. The van der Waals surface area contributed by atoms with Gasteiger partial charge in [-0.1, -0.05) is 24.3 Å². The smallest absolute Gasteiger partial charge is 0.344 e. The molecular formula is C19H22O6. The molecule has 2 aromatic rings. The second kappa shape index (κ2) is 8.92. The zero-order valence-corrected chi connectivity index (χ0v) is 14.7. The lowest BCUT2D eigenvalue weighted by molar-refractivity contribution is -0.146. The topological polar surface area (TPSA) is 71.1 Å². The highest BCUT2D eigenvalue weighted by molar-refractivity contribution is 5.95. The number of rotatable bonds is 8. The van der Waals surface area contributed by atoms with Crippen LogP contribution < -0.4 is 9.47 Å². The van der Waals surface area contributed by atoms with Crippen LogP contribution in [0.5, 0.6) is 11.5 Å². The minimum Gasteiger partial charge on any atom is -0.481 e. The zero-order chi connectivity index (χ0) is 18.2. The van der Waals surface area contributed by atoms with Crippen LogP contribution in [0.1, 0.15) is 19.4 Å². The standard InChI is InChI=1S/C19H22O6/c1-4-22-17(20)11-24-16-10-13(3)19(25-12-18(21)23-5-2)15-9-7-6-8-14(15)16/h6-10H,4-5,11-12H2,1-3H3. The van der Waals surface area contributed by atoms with Gasteiger partial charge >= 0.3 is 11.9 Å². The monoisotopic (exact) mass is 346 g/mol. The fourth-order valence-electron chi connectivity index (χ4n) is 2.43. The Labute approximate surface area is 146 Å². The van der Waals surface area contributed by atoms with E-state index in [1.165, 1.54) is 0 Å². The van der Waals surface area contributed by atoms with Crippen molar-refractivity contribution < 1.29 is 28.5 Å². The third-order valence-corrected chi connectivity index (χ3v) is 3.43. The largest absolute Gasteiger partial charge is 0.481 e. The number of ether oxygens (including phenoxy) is 4. The molecule has 0 atom stereocenters. The Bertz CT molecular complexity index is 753. The molecule has 0 aliphatic rings. The van der Waals surface area contributed by atoms with E-state index in [-0.39, 0.29) is 13.2 Å². The Balaban J connectivity index is 2.27. The predicted molar refractivity (Wildman–Crippen MR) is 92.9 cm³/mol. The number of hydrogen-bond donors (Lipinski definition) is 0. The Morgan fingerprint density at radius 2 is 1.44 bits per heavy atom. The van der Waals surface area contributed by atoms with E-state index in [2.05, 4.69) is 0 Å². The van der Waals surface area contributed by atoms with Gasteiger partial charge in [-0.15, -0.1) is 0 Å². The van der Waals surface area contributed by atoms with Gasteiger partial charge in [0.25, 0.3) is 0 Å². The van der Waals surface area contributed by atoms with Crippen LogP contribution >= 0.6 is 0 Å². The average molecular weight is 346 g/mol. The lowest BCUT2D eigenvalue weighted by Crippen LogP contribution is -2.16. The van der Waals surface area contributed by atoms with E-state index in [1.54, 1.807) is 19.9 Å². The van der Waals surface area contributed by atoms with E-state index in [1.807, 2.05) is 31.2 Å². The van der Waals surface area contributed by atoms with Crippen LogP contribution in [0.4, 0.5) is 0 Å². The summed E-state index contributed by atoms with van der Waals surface area (Å²) in [5.41, 5.74) is 0.793. The highest BCUT2D eigenvalue weighted by Gasteiger charge is 2.14. The number of benzene rings is 2. The van der Waals surface area contributed by atoms with Gasteiger partial charge in [0.15, 0.2) is 13.2 Å². The molecule has 0 radical (unpaired) electrons. The molecule has 0 heterocycles. The summed E-state index contributed by atoms with van der Waals surface area (Å²) in [5, 5.41) is 1.59. The molecule has 0 aliphatic carbocycles. The fourth-order valence-corrected chi connectivity index (χ4v) is 2.43. The van der Waals surface area contributed by atoms with Crippen molar-refractivity contribution in [1.82, 2.24) is 0 Å². The van der Waals surface area contributed by atoms with Crippen LogP contribution in [0, 0.1) is 6.92 Å². The first-order valence-electron chi connectivity index (χ1n) is 8.16. The predicted octanol–water partition coefficient (Wildman–Crippen LogP) is 3.03. The van der Waals surface area contributed by atoms with Crippen molar-refractivity contribution in [2.45, 2.75) is 20.8 Å². The zero-order valence-electron chi connectivity index (χ0n) is 14.7. The molecular weight excluding hydrogens is 324 g/mol. The van der Waals surface area contributed by atoms with Crippen LogP contribution in [0.25, 0.3) is 10.8 Å². The maximum atomic E-state index is 11.5. The molecule has 0 bridgehead atoms. The van der Waals surface area contributed by atoms with E-state index in [9.17, 15) is 9.59 Å². The molecule has 0 fully saturated rings. The lowest BCUT2D eigenvalue weighted by atomic mass is 10.0. The van der Waals surface area contributed by atoms with Gasteiger partial charge in [-0.05, 0) is 32.4 Å². The van der Waals surface area contributed by atoms with Crippen molar-refractivity contribution in [2.24, 2.45) is 0 Å². The van der Waals surface area contributed by atoms with Crippen LogP contribution in [0.3, 0.4) is 0 Å². The van der Waals surface area contributed by atoms with Gasteiger partial charge in [0.2, 0.25) is 0 Å². The molecule has 6 heteroatoms. The molecule has 2 aromatic carbocycles. The molecule has 134 valence electrons. The first-order valence-corrected chi connectivity index (χ1v) is 8.16. The Hall–Kier alpha value is -2.76. The summed E-state index contributed by atoms with van der Waals surface area (Å²) in [7, 11) is 0. The van der Waals surface area contributed by atoms with Crippen molar-refractivity contribution in [3.63, 3.8) is 0 Å². The molecule has 0 spiro atoms. The van der Waals surface area contributed by atoms with Crippen LogP contribution in [0.15, 0.2) is 30.3 Å². The minimum absolute atomic E-state index is 0.165. The number of esters is 2. The number of carbonyl (C=O) groups is 2. The van der Waals surface area contributed by atoms with Crippen molar-refractivity contribution in [2.75, 3.05) is 26.4 Å². The summed E-state index contributed by atoms with van der Waals surface area (Å²) >= 11 is 0. The maximum Gasteiger partial charge on any atom is 0.344 e. The summed E-state index contributed by atoms with van der Waals surface area (Å²) in [5.74, 6) is 0.303. The molecule has 0 aromatic heterocycles. The van der Waals surface area contributed by atoms with Crippen molar-refractivity contribution in [3.05, 3.63) is 35.9 Å². The van der Waals surface area contributed by atoms with E-state index in [0.717, 1.165) is 16.3 Å². The molecule has 0 unspecified atom stereocenters. The van der Waals surface area contributed by atoms with Crippen LogP contribution in [-0.4, -0.2) is 38.4 Å². The number of hydrogen-bond acceptors (Lipinski definition) is 6. The third-order valence-electron chi connectivity index (χ3n) is 3.43. The summed E-state index contributed by atoms with van der Waals surface area (Å²) < 4.78 is 21.0. The minimum atomic E-state index is -0.424. The summed E-state index contributed by atoms with van der Waals surface area (Å²) in [6.07, 6.45) is 0. The van der Waals surface area contributed by atoms with E-state index >= 15 is 0 Å². The van der Waals surface area contributed by atoms with Gasteiger partial charge < -0.3 is 18.9 Å². The quantitative estimate of drug-likeness (QED) is 0.684. The van der Waals surface area contributed by atoms with Crippen LogP contribution in [0.2, 0.25) is 0 Å². The highest BCUT2D eigenvalue weighted by atomic mass is 16.6. The molecule has 25 heavy (non-hydrogen) atoms. The van der Waals surface area contributed by atoms with Gasteiger partial charge in [-0.25, -0.2) is 9.59 Å². The lowest BCUT2D eigenvalue weighted by Gasteiger charge is -2.15. The van der Waals surface area contributed by atoms with Crippen LogP contribution in [-0.2, 0) is 19.1 Å². The normalized spacial score (nSPS) is 10.4. The summed E-state index contributed by atoms with van der Waals surface area (Å²) in [6.45, 7) is 5.62. The van der Waals surface area contributed by atoms with Crippen molar-refractivity contribution in [1.29, 1.82) is 0 Å². The maximum absolute atomic E-state index is 11.5. The average Bonchev–Trinajstić information content (AvgIpc) is 2.59. The van der Waals surface area contributed by atoms with E-state index in [0.29, 0.717) is 24.7 Å². The number of carbonyl (C=O) groups excluding carboxylic acids is 2. The molecule has 0 amide bonds. The molecule has 6 nitrogen and oxygen atoms in total. The number of aryl methyl sites for hydroxylation is 1. The molecule has 0 saturated carbocycles. The van der Waals surface area contributed by atoms with Gasteiger partial charge in [-0.2, -0.15) is 0 Å². The Kier molecular flexibility index (Phi) is 6.62. The molecule has 0 saturated heterocycles. The van der Waals surface area contributed by atoms with Crippen molar-refractivity contribution in [3.8, 4) is 11.5 Å². The summed E-state index contributed by atoms with van der Waals surface area (Å²) in [4.78, 5) is 23.1. The van der Waals surface area contributed by atoms with Gasteiger partial charge in [0.1, 0.15) is 11.5 Å². The number of fused-ring (bicyclic) bond motifs is 1. The first-order chi connectivity index (χ1) is 12.1. The second-order valence-corrected chi connectivity index (χ2v) is 5.25. The fraction of sp³-hybridized carbons (Fsp3) is 0.368. The Morgan fingerprint density at radius 3 is 2.04 bits per heavy atom. The Morgan fingerprint density at radius 1 is 0.880 bits per heavy atom. The van der Waals surface area contributed by atoms with E-state index < -0.39 is 11.9 Å². The summed E-state index contributed by atoms with van der Waals surface area (Å²) in [6, 6.07) is 9.26. The van der Waals surface area contributed by atoms with Gasteiger partial charge in [0, 0.05) is 10.8 Å². The molecule has 0 aliphatic heterocycles. The second-order valence-electron chi connectivity index (χ2n) is 5.25. The first kappa shape index (κ1) is 18.6. The molecule has 2 rings (SSSR count). The van der Waals surface area contributed by atoms with E-state index in [4.69, 9.17) is 18.9 Å². The SMILES string of the molecule is CCOC(=O)COc1cc(C)c(OCC(=O)OCC)c2ccccc12. The van der Waals surface area contributed by atoms with Gasteiger partial charge in [-0.3, -0.25) is 0 Å². The van der Waals surface area contributed by atoms with Gasteiger partial charge in [0.05, 0.1) is 13.2 Å². The van der Waals surface area contributed by atoms with Crippen molar-refractivity contribution >= 4 is 22.7 Å². The highest BCUT2D eigenvalue weighted by Crippen LogP contribution is 2.36. The third kappa shape index (κ3) is 4.86.